The van der Waals surface area contributed by atoms with E-state index < -0.39 is 11.6 Å². The number of carbonyl (C=O) groups is 3. The van der Waals surface area contributed by atoms with E-state index >= 15 is 0 Å². The van der Waals surface area contributed by atoms with Crippen molar-refractivity contribution in [3.8, 4) is 19.8 Å². The second kappa shape index (κ2) is 19.4. The van der Waals surface area contributed by atoms with E-state index in [0.29, 0.717) is 5.69 Å². The highest BCUT2D eigenvalue weighted by Crippen LogP contribution is 2.32. The van der Waals surface area contributed by atoms with Crippen molar-refractivity contribution in [1.82, 2.24) is 15.3 Å². The summed E-state index contributed by atoms with van der Waals surface area (Å²) < 4.78 is 5.27. The number of nitrogens with one attached hydrogen (secondary N) is 2. The number of hydrogen-bond acceptors (Lipinski definition) is 14. The molecule has 0 spiro atoms. The van der Waals surface area contributed by atoms with Crippen molar-refractivity contribution < 1.29 is 24.2 Å². The molecule has 6 heterocycles. The minimum Gasteiger partial charge on any atom is -0.476 e. The number of aromatic nitrogens is 2. The number of hydrogen-bond donors (Lipinski definition) is 5. The molecule has 8 rings (SSSR count). The van der Waals surface area contributed by atoms with Gasteiger partial charge in [0.25, 0.3) is 5.91 Å². The van der Waals surface area contributed by atoms with Crippen molar-refractivity contribution >= 4 is 86.1 Å². The van der Waals surface area contributed by atoms with Gasteiger partial charge in [0.05, 0.1) is 38.5 Å². The smallest absolute Gasteiger partial charge is 0.407 e. The van der Waals surface area contributed by atoms with E-state index in [1.807, 2.05) is 104 Å². The number of amides is 2. The molecule has 7 N–H and O–H groups in total. The van der Waals surface area contributed by atoms with Crippen LogP contribution < -0.4 is 31.9 Å². The number of thiophene rings is 2. The average Bonchev–Trinajstić information content (AvgIpc) is 4.03. The number of benzene rings is 2. The summed E-state index contributed by atoms with van der Waals surface area (Å²) in [5, 5.41) is 23.5. The number of nitrogens with zero attached hydrogens (tertiary/aromatic N) is 4. The van der Waals surface area contributed by atoms with Gasteiger partial charge in [-0.25, -0.2) is 19.6 Å². The Hall–Kier alpha value is -5.33. The highest BCUT2D eigenvalue weighted by Gasteiger charge is 2.27. The molecule has 4 aromatic heterocycles. The number of carboxylic acids is 1. The molecule has 0 saturated carbocycles. The maximum Gasteiger partial charge on any atom is 0.407 e. The van der Waals surface area contributed by atoms with E-state index in [-0.39, 0.29) is 29.8 Å². The van der Waals surface area contributed by atoms with E-state index in [9.17, 15) is 14.4 Å². The van der Waals surface area contributed by atoms with Gasteiger partial charge in [0.15, 0.2) is 5.69 Å². The van der Waals surface area contributed by atoms with Gasteiger partial charge < -0.3 is 41.7 Å². The molecule has 304 valence electrons. The summed E-state index contributed by atoms with van der Waals surface area (Å²) in [4.78, 5) is 49.9. The number of ether oxygens (including phenoxy) is 1. The zero-order chi connectivity index (χ0) is 41.2. The SMILES string of the molecule is CC(C)(C)OC(=O)N[C@H]1CCN(c2ccccc2N)C1.N[C@H]1CCN(c2ccccc2NC(=O)c2csc(-c3cccs3)n2)C1.O=C(O)c1csc(-c2cccs2)n1. The molecule has 2 aliphatic heterocycles. The van der Waals surface area contributed by atoms with Crippen LogP contribution in [0.1, 0.15) is 54.6 Å². The molecular formula is C41H46N8O5S4. The van der Waals surface area contributed by atoms with Gasteiger partial charge in [-0.1, -0.05) is 36.4 Å². The molecule has 2 aliphatic rings. The highest BCUT2D eigenvalue weighted by molar-refractivity contribution is 7.20. The second-order valence-corrected chi connectivity index (χ2v) is 18.0. The average molecular weight is 859 g/mol. The lowest BCUT2D eigenvalue weighted by atomic mass is 10.2. The fourth-order valence-electron chi connectivity index (χ4n) is 6.17. The standard InChI is InChI=1S/C18H18N4OS2.C15H23N3O2.C8H5NO2S2/c19-12-7-8-22(10-12)15-5-2-1-4-13(15)20-17(23)14-11-25-18(21-14)16-6-3-9-24-16;1-15(2,3)20-14(19)17-11-8-9-18(10-11)13-7-5-4-6-12(13)16;10-8(11)5-4-13-7(9-5)6-2-1-3-12-6/h1-6,9,11-12H,7-8,10,19H2,(H,20,23);4-7,11H,8-10,16H2,1-3H3,(H,17,19);1-4H,(H,10,11)/t12-;11-;/m00./s1. The van der Waals surface area contributed by atoms with Gasteiger partial charge >= 0.3 is 12.1 Å². The first-order valence-corrected chi connectivity index (χ1v) is 22.1. The van der Waals surface area contributed by atoms with Crippen LogP contribution in [0.25, 0.3) is 19.8 Å². The first-order chi connectivity index (χ1) is 27.8. The van der Waals surface area contributed by atoms with Crippen LogP contribution in [0.15, 0.2) is 94.3 Å². The van der Waals surface area contributed by atoms with E-state index in [1.165, 1.54) is 22.7 Å². The van der Waals surface area contributed by atoms with Crippen LogP contribution in [-0.4, -0.2) is 76.9 Å². The Kier molecular flexibility index (Phi) is 14.2. The van der Waals surface area contributed by atoms with Crippen LogP contribution in [0, 0.1) is 0 Å². The number of aromatic carboxylic acids is 1. The summed E-state index contributed by atoms with van der Waals surface area (Å²) in [6, 6.07) is 23.8. The van der Waals surface area contributed by atoms with Crippen molar-refractivity contribution in [3.63, 3.8) is 0 Å². The van der Waals surface area contributed by atoms with Crippen LogP contribution >= 0.6 is 45.3 Å². The molecule has 17 heteroatoms. The minimum absolute atomic E-state index is 0.101. The van der Waals surface area contributed by atoms with Crippen LogP contribution in [0.3, 0.4) is 0 Å². The summed E-state index contributed by atoms with van der Waals surface area (Å²) in [5.41, 5.74) is 15.7. The normalized spacial score (nSPS) is 16.1. The van der Waals surface area contributed by atoms with E-state index in [4.69, 9.17) is 21.3 Å². The van der Waals surface area contributed by atoms with E-state index in [1.54, 1.807) is 33.4 Å². The van der Waals surface area contributed by atoms with Crippen molar-refractivity contribution in [2.75, 3.05) is 47.0 Å². The van der Waals surface area contributed by atoms with Crippen molar-refractivity contribution in [1.29, 1.82) is 0 Å². The molecule has 2 amide bonds. The molecule has 6 aromatic rings. The molecule has 0 unspecified atom stereocenters. The number of carbonyl (C=O) groups excluding carboxylic acids is 2. The van der Waals surface area contributed by atoms with Crippen molar-refractivity contribution in [2.24, 2.45) is 5.73 Å². The Labute approximate surface area is 353 Å². The fourth-order valence-corrected chi connectivity index (χ4v) is 9.39. The Bertz CT molecular complexity index is 2270. The molecule has 2 aromatic carbocycles. The number of nitrogen functional groups attached to an aromatic ring is 1. The lowest BCUT2D eigenvalue weighted by Gasteiger charge is -2.23. The van der Waals surface area contributed by atoms with Gasteiger partial charge in [-0.05, 0) is 80.8 Å². The molecule has 2 saturated heterocycles. The Balaban J connectivity index is 0.000000154. The molecule has 0 aliphatic carbocycles. The Morgan fingerprint density at radius 3 is 1.93 bits per heavy atom. The van der Waals surface area contributed by atoms with Crippen molar-refractivity contribution in [2.45, 2.75) is 51.3 Å². The van der Waals surface area contributed by atoms with Gasteiger partial charge in [-0.3, -0.25) is 4.79 Å². The zero-order valence-corrected chi connectivity index (χ0v) is 35.6. The predicted octanol–water partition coefficient (Wildman–Crippen LogP) is 8.60. The summed E-state index contributed by atoms with van der Waals surface area (Å²) in [7, 11) is 0. The van der Waals surface area contributed by atoms with Crippen LogP contribution in [0.5, 0.6) is 0 Å². The largest absolute Gasteiger partial charge is 0.476 e. The number of nitrogens with two attached hydrogens (primary N) is 2. The zero-order valence-electron chi connectivity index (χ0n) is 32.3. The second-order valence-electron chi connectivity index (χ2n) is 14.4. The third-order valence-corrected chi connectivity index (χ3v) is 12.6. The molecule has 13 nitrogen and oxygen atoms in total. The number of thiazole rings is 2. The van der Waals surface area contributed by atoms with Gasteiger partial charge in [0, 0.05) is 43.0 Å². The Morgan fingerprint density at radius 1 is 0.776 bits per heavy atom. The van der Waals surface area contributed by atoms with Gasteiger partial charge in [-0.15, -0.1) is 45.3 Å². The van der Waals surface area contributed by atoms with Crippen LogP contribution in [0.2, 0.25) is 0 Å². The molecular weight excluding hydrogens is 813 g/mol. The van der Waals surface area contributed by atoms with Crippen molar-refractivity contribution in [3.05, 3.63) is 106 Å². The first-order valence-electron chi connectivity index (χ1n) is 18.5. The number of anilines is 4. The predicted molar refractivity (Wildman–Crippen MR) is 238 cm³/mol. The molecule has 58 heavy (non-hydrogen) atoms. The topological polar surface area (TPSA) is 189 Å². The van der Waals surface area contributed by atoms with E-state index in [0.717, 1.165) is 81.5 Å². The number of para-hydroxylation sites is 4. The molecule has 0 radical (unpaired) electrons. The highest BCUT2D eigenvalue weighted by atomic mass is 32.1. The van der Waals surface area contributed by atoms with Crippen LogP contribution in [0.4, 0.5) is 27.5 Å². The maximum atomic E-state index is 12.6. The maximum absolute atomic E-state index is 12.6. The first kappa shape index (κ1) is 42.3. The number of alkyl carbamates (subject to hydrolysis) is 1. The molecule has 2 fully saturated rings. The van der Waals surface area contributed by atoms with E-state index in [2.05, 4.69) is 30.4 Å². The number of rotatable bonds is 8. The summed E-state index contributed by atoms with van der Waals surface area (Å²) >= 11 is 6.02. The number of carboxylic acid groups (broad SMARTS) is 1. The van der Waals surface area contributed by atoms with Gasteiger partial charge in [0.1, 0.15) is 21.3 Å². The quantitative estimate of drug-likeness (QED) is 0.0922. The summed E-state index contributed by atoms with van der Waals surface area (Å²) in [6.07, 6.45) is 1.51. The summed E-state index contributed by atoms with van der Waals surface area (Å²) in [6.45, 7) is 8.94. The third-order valence-electron chi connectivity index (χ3n) is 8.83. The lowest BCUT2D eigenvalue weighted by Crippen LogP contribution is -2.40. The van der Waals surface area contributed by atoms with Crippen LogP contribution in [-0.2, 0) is 4.74 Å². The molecule has 0 bridgehead atoms. The molecule has 2 atom stereocenters. The lowest BCUT2D eigenvalue weighted by molar-refractivity contribution is 0.0508. The summed E-state index contributed by atoms with van der Waals surface area (Å²) in [5.74, 6) is -1.16. The Morgan fingerprint density at radius 2 is 1.36 bits per heavy atom. The van der Waals surface area contributed by atoms with Gasteiger partial charge in [-0.2, -0.15) is 0 Å². The fraction of sp³-hybridized carbons (Fsp3) is 0.293. The third kappa shape index (κ3) is 11.6. The van der Waals surface area contributed by atoms with Gasteiger partial charge in [0.2, 0.25) is 0 Å². The monoisotopic (exact) mass is 858 g/mol. The minimum atomic E-state index is -0.973.